The molecule has 3 aromatic heterocycles. The fourth-order valence-corrected chi connectivity index (χ4v) is 6.07. The van der Waals surface area contributed by atoms with Crippen LogP contribution in [0.2, 0.25) is 0 Å². The molecular weight excluding hydrogens is 492 g/mol. The van der Waals surface area contributed by atoms with Crippen molar-refractivity contribution in [3.63, 3.8) is 0 Å². The maximum Gasteiger partial charge on any atom is 0.326 e. The van der Waals surface area contributed by atoms with Crippen molar-refractivity contribution in [2.24, 2.45) is 4.99 Å². The molecule has 4 N–H and O–H groups in total. The molecule has 0 aromatic carbocycles. The molecule has 1 aliphatic carbocycles. The number of amides is 1. The van der Waals surface area contributed by atoms with E-state index in [0.29, 0.717) is 35.4 Å². The number of aromatic amines is 2. The summed E-state index contributed by atoms with van der Waals surface area (Å²) in [7, 11) is 2.15. The van der Waals surface area contributed by atoms with Crippen molar-refractivity contribution >= 4 is 29.4 Å². The Morgan fingerprint density at radius 3 is 2.95 bits per heavy atom. The quantitative estimate of drug-likeness (QED) is 0.358. The summed E-state index contributed by atoms with van der Waals surface area (Å²) < 4.78 is 1.69. The van der Waals surface area contributed by atoms with Crippen LogP contribution in [0.3, 0.4) is 0 Å². The summed E-state index contributed by atoms with van der Waals surface area (Å²) in [4.78, 5) is 42.1. The summed E-state index contributed by atoms with van der Waals surface area (Å²) in [6.07, 6.45) is 11.5. The average Bonchev–Trinajstić information content (AvgIpc) is 3.22. The first-order valence-corrected chi connectivity index (χ1v) is 13.6. The van der Waals surface area contributed by atoms with Crippen LogP contribution in [0.5, 0.6) is 5.88 Å². The van der Waals surface area contributed by atoms with E-state index in [-0.39, 0.29) is 28.8 Å². The highest BCUT2D eigenvalue weighted by molar-refractivity contribution is 8.04. The molecule has 2 unspecified atom stereocenters. The number of likely N-dealkylation sites (tertiary alicyclic amines) is 1. The lowest BCUT2D eigenvalue weighted by atomic mass is 10.1. The number of fused-ring (bicyclic) bond motifs is 1. The molecule has 0 radical (unpaired) electrons. The Morgan fingerprint density at radius 2 is 2.22 bits per heavy atom. The molecule has 1 amide bonds. The molecule has 12 heteroatoms. The van der Waals surface area contributed by atoms with Gasteiger partial charge in [0.2, 0.25) is 5.88 Å². The van der Waals surface area contributed by atoms with Gasteiger partial charge >= 0.3 is 5.69 Å². The van der Waals surface area contributed by atoms with E-state index in [4.69, 9.17) is 9.98 Å². The van der Waals surface area contributed by atoms with Crippen molar-refractivity contribution in [3.8, 4) is 5.88 Å². The number of aromatic hydroxyl groups is 1. The van der Waals surface area contributed by atoms with Gasteiger partial charge in [-0.2, -0.15) is 9.61 Å². The maximum atomic E-state index is 12.8. The number of carbonyl (C=O) groups is 1. The number of rotatable bonds is 7. The topological polar surface area (TPSA) is 144 Å². The fraction of sp³-hybridized carbons (Fsp3) is 0.480. The lowest BCUT2D eigenvalue weighted by Gasteiger charge is -2.19. The first-order chi connectivity index (χ1) is 17.9. The molecule has 6 rings (SSSR count). The third kappa shape index (κ3) is 5.08. The van der Waals surface area contributed by atoms with Gasteiger partial charge in [-0.3, -0.25) is 14.8 Å². The molecule has 0 spiro atoms. The second-order valence-corrected chi connectivity index (χ2v) is 11.2. The van der Waals surface area contributed by atoms with Gasteiger partial charge in [0.15, 0.2) is 11.1 Å². The Bertz CT molecular complexity index is 1550. The van der Waals surface area contributed by atoms with E-state index in [2.05, 4.69) is 32.3 Å². The normalized spacial score (nSPS) is 23.3. The number of nitrogens with one attached hydrogen (secondary N) is 3. The summed E-state index contributed by atoms with van der Waals surface area (Å²) in [5, 5.41) is 18.2. The predicted octanol–water partition coefficient (Wildman–Crippen LogP) is 0.725. The van der Waals surface area contributed by atoms with E-state index in [1.54, 1.807) is 16.8 Å². The standard InChI is InChI=1S/C25H30N8O3S/c1-32-10-2-3-16(32)8-9-26-24(35)20-7-6-19(37-20)17-12-21(28-15-4-5-15)33-22(29-17)14(13-27-33)11-18-23(34)31-25(36)30-18/h7,11-13,15-16,19,34H,2-6,8-10H2,1H3,(H,26,35)(H2,30,31,36). The first-order valence-electron chi connectivity index (χ1n) is 12.8. The van der Waals surface area contributed by atoms with Gasteiger partial charge in [-0.05, 0) is 58.2 Å². The number of carbonyl (C=O) groups excluding carboxylic acids is 1. The third-order valence-electron chi connectivity index (χ3n) is 7.17. The van der Waals surface area contributed by atoms with Gasteiger partial charge < -0.3 is 20.3 Å². The number of thioether (sulfide) groups is 1. The van der Waals surface area contributed by atoms with Gasteiger partial charge in [-0.25, -0.2) is 9.78 Å². The Balaban J connectivity index is 1.23. The van der Waals surface area contributed by atoms with Crippen LogP contribution in [-0.2, 0) is 4.79 Å². The highest BCUT2D eigenvalue weighted by Gasteiger charge is 2.27. The van der Waals surface area contributed by atoms with Crippen molar-refractivity contribution in [3.05, 3.63) is 55.8 Å². The van der Waals surface area contributed by atoms with Gasteiger partial charge in [0.05, 0.1) is 28.1 Å². The molecule has 1 saturated heterocycles. The molecule has 0 bridgehead atoms. The highest BCUT2D eigenvalue weighted by Crippen LogP contribution is 2.42. The molecule has 3 aliphatic rings. The number of hydrogen-bond acceptors (Lipinski definition) is 8. The predicted molar refractivity (Wildman–Crippen MR) is 140 cm³/mol. The van der Waals surface area contributed by atoms with Crippen LogP contribution in [0.15, 0.2) is 33.0 Å². The lowest BCUT2D eigenvalue weighted by molar-refractivity contribution is -0.116. The summed E-state index contributed by atoms with van der Waals surface area (Å²) in [5.41, 5.74) is 1.89. The zero-order valence-electron chi connectivity index (χ0n) is 20.6. The smallest absolute Gasteiger partial charge is 0.326 e. The number of hydrogen-bond donors (Lipinski definition) is 4. The highest BCUT2D eigenvalue weighted by atomic mass is 32.2. The van der Waals surface area contributed by atoms with Crippen LogP contribution in [0.4, 0.5) is 0 Å². The Labute approximate surface area is 216 Å². The third-order valence-corrected chi connectivity index (χ3v) is 8.50. The van der Waals surface area contributed by atoms with Gasteiger partial charge in [-0.15, -0.1) is 11.8 Å². The van der Waals surface area contributed by atoms with Crippen LogP contribution < -0.4 is 21.7 Å². The van der Waals surface area contributed by atoms with Crippen molar-refractivity contribution in [2.45, 2.75) is 55.9 Å². The maximum absolute atomic E-state index is 12.8. The van der Waals surface area contributed by atoms with Crippen molar-refractivity contribution in [2.75, 3.05) is 20.1 Å². The summed E-state index contributed by atoms with van der Waals surface area (Å²) in [6.45, 7) is 1.81. The number of H-pyrrole nitrogens is 2. The van der Waals surface area contributed by atoms with E-state index in [1.165, 1.54) is 24.6 Å². The van der Waals surface area contributed by atoms with Crippen LogP contribution in [0.25, 0.3) is 11.7 Å². The minimum absolute atomic E-state index is 0.0110. The molecule has 5 heterocycles. The fourth-order valence-electron chi connectivity index (χ4n) is 4.95. The van der Waals surface area contributed by atoms with Gasteiger partial charge in [-0.1, -0.05) is 6.08 Å². The molecule has 2 atom stereocenters. The van der Waals surface area contributed by atoms with E-state index < -0.39 is 5.69 Å². The van der Waals surface area contributed by atoms with E-state index in [0.717, 1.165) is 36.4 Å². The van der Waals surface area contributed by atoms with Crippen LogP contribution in [0.1, 0.15) is 55.2 Å². The van der Waals surface area contributed by atoms with Gasteiger partial charge in [0.1, 0.15) is 5.69 Å². The summed E-state index contributed by atoms with van der Waals surface area (Å²) in [5.74, 6) is -0.267. The SMILES string of the molecule is CN1CCCC1CCNC(=O)C1=CCC(c2cc(=NC3CC3)n3ncc(=Cc4[nH]c(=O)[nH]c4O)c3n2)S1. The minimum Gasteiger partial charge on any atom is -0.493 e. The average molecular weight is 523 g/mol. The molecule has 37 heavy (non-hydrogen) atoms. The van der Waals surface area contributed by atoms with Gasteiger partial charge in [0.25, 0.3) is 5.91 Å². The Kier molecular flexibility index (Phi) is 6.37. The van der Waals surface area contributed by atoms with Crippen LogP contribution in [0, 0.1) is 0 Å². The van der Waals surface area contributed by atoms with Crippen molar-refractivity contribution in [1.29, 1.82) is 0 Å². The number of imidazole rings is 1. The first kappa shape index (κ1) is 24.0. The Hall–Kier alpha value is -3.38. The molecule has 11 nitrogen and oxygen atoms in total. The van der Waals surface area contributed by atoms with Crippen LogP contribution in [-0.4, -0.2) is 72.7 Å². The summed E-state index contributed by atoms with van der Waals surface area (Å²) >= 11 is 1.53. The Morgan fingerprint density at radius 1 is 1.35 bits per heavy atom. The minimum atomic E-state index is -0.493. The molecule has 3 aromatic rings. The second kappa shape index (κ2) is 9.82. The van der Waals surface area contributed by atoms with E-state index in [1.807, 2.05) is 12.1 Å². The number of nitrogens with zero attached hydrogens (tertiary/aromatic N) is 5. The van der Waals surface area contributed by atoms with E-state index >= 15 is 0 Å². The second-order valence-electron chi connectivity index (χ2n) is 9.95. The molecule has 2 aliphatic heterocycles. The van der Waals surface area contributed by atoms with Crippen LogP contribution >= 0.6 is 11.8 Å². The van der Waals surface area contributed by atoms with E-state index in [9.17, 15) is 14.7 Å². The molecular formula is C25H30N8O3S. The molecule has 2 fully saturated rings. The molecule has 194 valence electrons. The monoisotopic (exact) mass is 522 g/mol. The van der Waals surface area contributed by atoms with Gasteiger partial charge in [0, 0.05) is 23.9 Å². The van der Waals surface area contributed by atoms with Crippen molar-refractivity contribution < 1.29 is 9.90 Å². The van der Waals surface area contributed by atoms with Crippen molar-refractivity contribution in [1.82, 2.24) is 34.8 Å². The zero-order chi connectivity index (χ0) is 25.5. The zero-order valence-corrected chi connectivity index (χ0v) is 21.4. The number of allylic oxidation sites excluding steroid dienone is 1. The largest absolute Gasteiger partial charge is 0.493 e. The summed E-state index contributed by atoms with van der Waals surface area (Å²) in [6, 6.07) is 2.80. The lowest BCUT2D eigenvalue weighted by Crippen LogP contribution is -2.31. The molecule has 1 saturated carbocycles. The number of aromatic nitrogens is 5.